The molecule has 0 saturated carbocycles. The van der Waals surface area contributed by atoms with Gasteiger partial charge in [-0.2, -0.15) is 0 Å². The molecule has 0 spiro atoms. The van der Waals surface area contributed by atoms with Crippen molar-refractivity contribution in [2.24, 2.45) is 11.8 Å². The van der Waals surface area contributed by atoms with Gasteiger partial charge in [0.25, 0.3) is 0 Å². The van der Waals surface area contributed by atoms with Crippen LogP contribution in [0.2, 0.25) is 0 Å². The van der Waals surface area contributed by atoms with Gasteiger partial charge in [-0.15, -0.1) is 0 Å². The van der Waals surface area contributed by atoms with Crippen molar-refractivity contribution in [1.82, 2.24) is 4.90 Å². The number of hydrogen-bond acceptors (Lipinski definition) is 4. The van der Waals surface area contributed by atoms with E-state index in [1.54, 1.807) is 34.1 Å². The third kappa shape index (κ3) is 5.13. The molecule has 0 radical (unpaired) electrons. The van der Waals surface area contributed by atoms with Gasteiger partial charge in [-0.05, 0) is 63.1 Å². The van der Waals surface area contributed by atoms with Crippen LogP contribution in [-0.4, -0.2) is 48.0 Å². The first-order valence-corrected chi connectivity index (χ1v) is 11.4. The number of aryl methyl sites for hydroxylation is 1. The molecule has 0 aliphatic carbocycles. The number of carbonyl (C=O) groups excluding carboxylic acids is 4. The van der Waals surface area contributed by atoms with Gasteiger partial charge in [-0.1, -0.05) is 17.7 Å². The molecule has 2 aromatic carbocycles. The quantitative estimate of drug-likeness (QED) is 0.712. The number of ketones is 1. The fourth-order valence-electron chi connectivity index (χ4n) is 4.50. The fourth-order valence-corrected chi connectivity index (χ4v) is 4.50. The summed E-state index contributed by atoms with van der Waals surface area (Å²) in [5.41, 5.74) is 3.21. The molecule has 2 aromatic rings. The number of benzene rings is 2. The molecule has 0 unspecified atom stereocenters. The molecule has 3 amide bonds. The highest BCUT2D eigenvalue weighted by molar-refractivity contribution is 6.00. The SMILES string of the molecule is CC(=O)c1ccc(NC(=O)C2CCN(C(=O)[C@H]3CC(=O)N(c4ccc(C)cc4)C3)CC2)cc1. The molecule has 4 rings (SSSR count). The first kappa shape index (κ1) is 22.7. The standard InChI is InChI=1S/C26H29N3O4/c1-17-3-9-23(10-4-17)29-16-21(15-24(29)31)26(33)28-13-11-20(12-14-28)25(32)27-22-7-5-19(6-8-22)18(2)30/h3-10,20-21H,11-16H2,1-2H3,(H,27,32)/t21-/m0/s1. The number of anilines is 2. The van der Waals surface area contributed by atoms with Crippen LogP contribution >= 0.6 is 0 Å². The third-order valence-corrected chi connectivity index (χ3v) is 6.56. The summed E-state index contributed by atoms with van der Waals surface area (Å²) in [7, 11) is 0. The minimum atomic E-state index is -0.344. The summed E-state index contributed by atoms with van der Waals surface area (Å²) in [4.78, 5) is 53.1. The highest BCUT2D eigenvalue weighted by Crippen LogP contribution is 2.28. The van der Waals surface area contributed by atoms with Gasteiger partial charge in [0.15, 0.2) is 5.78 Å². The summed E-state index contributed by atoms with van der Waals surface area (Å²) in [6, 6.07) is 14.6. The first-order chi connectivity index (χ1) is 15.8. The van der Waals surface area contributed by atoms with Crippen LogP contribution < -0.4 is 10.2 Å². The van der Waals surface area contributed by atoms with E-state index < -0.39 is 0 Å². The molecule has 1 atom stereocenters. The topological polar surface area (TPSA) is 86.8 Å². The first-order valence-electron chi connectivity index (χ1n) is 11.4. The van der Waals surface area contributed by atoms with Crippen LogP contribution in [-0.2, 0) is 14.4 Å². The van der Waals surface area contributed by atoms with Crippen molar-refractivity contribution < 1.29 is 19.2 Å². The molecule has 7 heteroatoms. The second-order valence-corrected chi connectivity index (χ2v) is 8.96. The lowest BCUT2D eigenvalue weighted by Gasteiger charge is -2.33. The zero-order chi connectivity index (χ0) is 23.5. The van der Waals surface area contributed by atoms with Crippen molar-refractivity contribution >= 4 is 34.9 Å². The highest BCUT2D eigenvalue weighted by Gasteiger charge is 2.38. The van der Waals surface area contributed by atoms with E-state index in [4.69, 9.17) is 0 Å². The van der Waals surface area contributed by atoms with E-state index in [0.717, 1.165) is 11.3 Å². The summed E-state index contributed by atoms with van der Waals surface area (Å²) >= 11 is 0. The molecule has 33 heavy (non-hydrogen) atoms. The van der Waals surface area contributed by atoms with E-state index in [-0.39, 0.29) is 41.8 Å². The molecule has 0 bridgehead atoms. The largest absolute Gasteiger partial charge is 0.342 e. The summed E-state index contributed by atoms with van der Waals surface area (Å²) in [6.07, 6.45) is 1.40. The lowest BCUT2D eigenvalue weighted by Crippen LogP contribution is -2.44. The third-order valence-electron chi connectivity index (χ3n) is 6.56. The molecule has 172 valence electrons. The van der Waals surface area contributed by atoms with Gasteiger partial charge < -0.3 is 15.1 Å². The van der Waals surface area contributed by atoms with Crippen LogP contribution in [0.5, 0.6) is 0 Å². The molecule has 2 heterocycles. The average molecular weight is 448 g/mol. The van der Waals surface area contributed by atoms with Gasteiger partial charge in [0.1, 0.15) is 0 Å². The van der Waals surface area contributed by atoms with Crippen molar-refractivity contribution in [2.45, 2.75) is 33.1 Å². The number of Topliss-reactive ketones (excluding diaryl/α,β-unsaturated/α-hetero) is 1. The number of nitrogens with one attached hydrogen (secondary N) is 1. The van der Waals surface area contributed by atoms with E-state index >= 15 is 0 Å². The minimum Gasteiger partial charge on any atom is -0.342 e. The predicted molar refractivity (Wildman–Crippen MR) is 126 cm³/mol. The summed E-state index contributed by atoms with van der Waals surface area (Å²) < 4.78 is 0. The van der Waals surface area contributed by atoms with E-state index in [2.05, 4.69) is 5.32 Å². The zero-order valence-corrected chi connectivity index (χ0v) is 19.0. The van der Waals surface area contributed by atoms with E-state index in [1.807, 2.05) is 31.2 Å². The maximum absolute atomic E-state index is 13.1. The molecular weight excluding hydrogens is 418 g/mol. The number of piperidine rings is 1. The Morgan fingerprint density at radius 2 is 1.55 bits per heavy atom. The number of amides is 3. The van der Waals surface area contributed by atoms with Crippen molar-refractivity contribution in [3.05, 3.63) is 59.7 Å². The Morgan fingerprint density at radius 1 is 0.909 bits per heavy atom. The molecule has 7 nitrogen and oxygen atoms in total. The van der Waals surface area contributed by atoms with Crippen LogP contribution in [0.4, 0.5) is 11.4 Å². The number of nitrogens with zero attached hydrogens (tertiary/aromatic N) is 2. The van der Waals surface area contributed by atoms with Gasteiger partial charge in [0.2, 0.25) is 17.7 Å². The Labute approximate surface area is 193 Å². The van der Waals surface area contributed by atoms with Crippen LogP contribution in [0, 0.1) is 18.8 Å². The van der Waals surface area contributed by atoms with E-state index in [1.165, 1.54) is 6.92 Å². The van der Waals surface area contributed by atoms with Gasteiger partial charge in [-0.3, -0.25) is 19.2 Å². The fraction of sp³-hybridized carbons (Fsp3) is 0.385. The van der Waals surface area contributed by atoms with Gasteiger partial charge >= 0.3 is 0 Å². The lowest BCUT2D eigenvalue weighted by molar-refractivity contribution is -0.138. The van der Waals surface area contributed by atoms with Crippen molar-refractivity contribution in [2.75, 3.05) is 29.9 Å². The Hall–Kier alpha value is -3.48. The van der Waals surface area contributed by atoms with Gasteiger partial charge in [-0.25, -0.2) is 0 Å². The number of rotatable bonds is 5. The summed E-state index contributed by atoms with van der Waals surface area (Å²) in [5.74, 6) is -0.631. The minimum absolute atomic E-state index is 0.00311. The van der Waals surface area contributed by atoms with Crippen LogP contribution in [0.25, 0.3) is 0 Å². The van der Waals surface area contributed by atoms with Gasteiger partial charge in [0, 0.05) is 48.9 Å². The molecule has 2 aliphatic heterocycles. The summed E-state index contributed by atoms with van der Waals surface area (Å²) in [6.45, 7) is 4.92. The van der Waals surface area contributed by atoms with Crippen molar-refractivity contribution in [3.63, 3.8) is 0 Å². The number of likely N-dealkylation sites (tertiary alicyclic amines) is 1. The van der Waals surface area contributed by atoms with Gasteiger partial charge in [0.05, 0.1) is 5.92 Å². The Morgan fingerprint density at radius 3 is 2.15 bits per heavy atom. The second kappa shape index (κ2) is 9.57. The van der Waals surface area contributed by atoms with E-state index in [0.29, 0.717) is 43.7 Å². The summed E-state index contributed by atoms with van der Waals surface area (Å²) in [5, 5.41) is 2.91. The molecule has 1 N–H and O–H groups in total. The smallest absolute Gasteiger partial charge is 0.228 e. The average Bonchev–Trinajstić information content (AvgIpc) is 3.21. The predicted octanol–water partition coefficient (Wildman–Crippen LogP) is 3.43. The van der Waals surface area contributed by atoms with Crippen molar-refractivity contribution in [1.29, 1.82) is 0 Å². The van der Waals surface area contributed by atoms with E-state index in [9.17, 15) is 19.2 Å². The lowest BCUT2D eigenvalue weighted by atomic mass is 9.94. The number of carbonyl (C=O) groups is 4. The van der Waals surface area contributed by atoms with Crippen LogP contribution in [0.1, 0.15) is 42.1 Å². The highest BCUT2D eigenvalue weighted by atomic mass is 16.2. The molecular formula is C26H29N3O4. The maximum Gasteiger partial charge on any atom is 0.228 e. The van der Waals surface area contributed by atoms with Crippen LogP contribution in [0.15, 0.2) is 48.5 Å². The molecule has 0 aromatic heterocycles. The Balaban J connectivity index is 1.29. The monoisotopic (exact) mass is 447 g/mol. The second-order valence-electron chi connectivity index (χ2n) is 8.96. The molecule has 2 fully saturated rings. The van der Waals surface area contributed by atoms with Crippen molar-refractivity contribution in [3.8, 4) is 0 Å². The number of hydrogen-bond donors (Lipinski definition) is 1. The molecule has 2 saturated heterocycles. The van der Waals surface area contributed by atoms with Crippen LogP contribution in [0.3, 0.4) is 0 Å². The maximum atomic E-state index is 13.1. The normalized spacial score (nSPS) is 19.0. The Kier molecular flexibility index (Phi) is 6.58. The zero-order valence-electron chi connectivity index (χ0n) is 19.0. The molecule has 2 aliphatic rings. The Bertz CT molecular complexity index is 1050.